The first-order valence-electron chi connectivity index (χ1n) is 11.3. The number of thioether (sulfide) groups is 1. The zero-order chi connectivity index (χ0) is 22.6. The Bertz CT molecular complexity index is 1320. The van der Waals surface area contributed by atoms with E-state index in [2.05, 4.69) is 139 Å². The lowest BCUT2D eigenvalue weighted by molar-refractivity contribution is -0.662. The molecule has 2 nitrogen and oxygen atoms in total. The van der Waals surface area contributed by atoms with Crippen molar-refractivity contribution < 1.29 is 4.57 Å². The summed E-state index contributed by atoms with van der Waals surface area (Å²) in [4.78, 5) is 3.70. The second kappa shape index (κ2) is 9.51. The SMILES string of the molecule is CCN1/C(=C\C=C\c2cc(-c3ccccc3)cc(-c3ccccc3)[n+]2C)Sc2ccccc21. The molecule has 0 saturated carbocycles. The van der Waals surface area contributed by atoms with Crippen LogP contribution in [0.25, 0.3) is 28.5 Å². The van der Waals surface area contributed by atoms with Crippen LogP contribution in [0.15, 0.2) is 119 Å². The first kappa shape index (κ1) is 21.3. The predicted molar refractivity (Wildman–Crippen MR) is 141 cm³/mol. The predicted octanol–water partition coefficient (Wildman–Crippen LogP) is 7.33. The number of pyridine rings is 1. The first-order chi connectivity index (χ1) is 16.2. The summed E-state index contributed by atoms with van der Waals surface area (Å²) >= 11 is 1.84. The molecule has 0 bridgehead atoms. The molecule has 4 aromatic rings. The van der Waals surface area contributed by atoms with Gasteiger partial charge in [0, 0.05) is 35.2 Å². The largest absolute Gasteiger partial charge is 0.335 e. The summed E-state index contributed by atoms with van der Waals surface area (Å²) in [5.41, 5.74) is 7.31. The Morgan fingerprint density at radius 2 is 1.45 bits per heavy atom. The van der Waals surface area contributed by atoms with Crippen LogP contribution in [0, 0.1) is 0 Å². The van der Waals surface area contributed by atoms with Crippen LogP contribution in [0.1, 0.15) is 12.6 Å². The molecule has 1 aromatic heterocycles. The monoisotopic (exact) mass is 447 g/mol. The second-order valence-electron chi connectivity index (χ2n) is 8.02. The molecule has 0 aliphatic carbocycles. The van der Waals surface area contributed by atoms with Crippen LogP contribution in [0.3, 0.4) is 0 Å². The molecule has 5 rings (SSSR count). The number of rotatable bonds is 5. The van der Waals surface area contributed by atoms with Crippen LogP contribution in [0.5, 0.6) is 0 Å². The Kier molecular flexibility index (Phi) is 6.14. The van der Waals surface area contributed by atoms with E-state index in [1.54, 1.807) is 0 Å². The quantitative estimate of drug-likeness (QED) is 0.296. The van der Waals surface area contributed by atoms with Gasteiger partial charge in [-0.3, -0.25) is 0 Å². The van der Waals surface area contributed by atoms with Gasteiger partial charge in [-0.05, 0) is 48.4 Å². The maximum atomic E-state index is 2.38. The maximum Gasteiger partial charge on any atom is 0.213 e. The Hall–Kier alpha value is -3.56. The van der Waals surface area contributed by atoms with Crippen molar-refractivity contribution in [3.63, 3.8) is 0 Å². The topological polar surface area (TPSA) is 7.12 Å². The van der Waals surface area contributed by atoms with Gasteiger partial charge in [0.25, 0.3) is 0 Å². The molecule has 2 heterocycles. The van der Waals surface area contributed by atoms with Crippen molar-refractivity contribution in [2.75, 3.05) is 11.4 Å². The Labute approximate surface area is 200 Å². The van der Waals surface area contributed by atoms with Crippen molar-refractivity contribution in [1.82, 2.24) is 0 Å². The first-order valence-corrected chi connectivity index (χ1v) is 12.1. The van der Waals surface area contributed by atoms with Gasteiger partial charge in [0.2, 0.25) is 11.4 Å². The van der Waals surface area contributed by atoms with Gasteiger partial charge in [-0.15, -0.1) is 0 Å². The number of nitrogens with zero attached hydrogens (tertiary/aromatic N) is 2. The fraction of sp³-hybridized carbons (Fsp3) is 0.100. The van der Waals surface area contributed by atoms with Crippen LogP contribution in [0.4, 0.5) is 5.69 Å². The van der Waals surface area contributed by atoms with Crippen LogP contribution in [0.2, 0.25) is 0 Å². The molecule has 33 heavy (non-hydrogen) atoms. The third-order valence-corrected chi connectivity index (χ3v) is 7.11. The molecule has 3 heteroatoms. The van der Waals surface area contributed by atoms with Crippen LogP contribution in [-0.4, -0.2) is 6.54 Å². The molecule has 0 saturated heterocycles. The summed E-state index contributed by atoms with van der Waals surface area (Å²) in [6.45, 7) is 3.16. The van der Waals surface area contributed by atoms with Gasteiger partial charge in [0.15, 0.2) is 0 Å². The maximum absolute atomic E-state index is 2.38. The lowest BCUT2D eigenvalue weighted by Gasteiger charge is -2.17. The molecule has 0 radical (unpaired) electrons. The molecule has 0 N–H and O–H groups in total. The van der Waals surface area contributed by atoms with E-state index >= 15 is 0 Å². The summed E-state index contributed by atoms with van der Waals surface area (Å²) in [5.74, 6) is 0. The molecule has 1 aliphatic heterocycles. The Balaban J connectivity index is 1.54. The summed E-state index contributed by atoms with van der Waals surface area (Å²) in [6, 6.07) is 34.4. The smallest absolute Gasteiger partial charge is 0.213 e. The summed E-state index contributed by atoms with van der Waals surface area (Å²) < 4.78 is 2.27. The van der Waals surface area contributed by atoms with Gasteiger partial charge in [-0.1, -0.05) is 78.5 Å². The van der Waals surface area contributed by atoms with E-state index in [4.69, 9.17) is 0 Å². The normalized spacial score (nSPS) is 14.2. The van der Waals surface area contributed by atoms with E-state index in [-0.39, 0.29) is 0 Å². The van der Waals surface area contributed by atoms with Crippen molar-refractivity contribution in [3.8, 4) is 22.4 Å². The minimum Gasteiger partial charge on any atom is -0.335 e. The summed E-state index contributed by atoms with van der Waals surface area (Å²) in [6.07, 6.45) is 6.62. The lowest BCUT2D eigenvalue weighted by Crippen LogP contribution is -2.34. The van der Waals surface area contributed by atoms with Gasteiger partial charge in [0.05, 0.1) is 10.7 Å². The number of allylic oxidation sites excluding steroid dienone is 2. The van der Waals surface area contributed by atoms with Crippen LogP contribution in [-0.2, 0) is 7.05 Å². The molecule has 162 valence electrons. The number of benzene rings is 3. The lowest BCUT2D eigenvalue weighted by atomic mass is 10.0. The van der Waals surface area contributed by atoms with E-state index in [0.29, 0.717) is 0 Å². The van der Waals surface area contributed by atoms with Crippen molar-refractivity contribution in [1.29, 1.82) is 0 Å². The van der Waals surface area contributed by atoms with E-state index in [9.17, 15) is 0 Å². The third kappa shape index (κ3) is 4.37. The zero-order valence-corrected chi connectivity index (χ0v) is 19.8. The highest BCUT2D eigenvalue weighted by Crippen LogP contribution is 2.45. The van der Waals surface area contributed by atoms with Crippen molar-refractivity contribution in [2.45, 2.75) is 11.8 Å². The van der Waals surface area contributed by atoms with Gasteiger partial charge in [-0.25, -0.2) is 0 Å². The number of hydrogen-bond acceptors (Lipinski definition) is 2. The molecule has 0 amide bonds. The number of aromatic nitrogens is 1. The fourth-order valence-corrected chi connectivity index (χ4v) is 5.40. The van der Waals surface area contributed by atoms with Gasteiger partial charge in [-0.2, -0.15) is 4.57 Å². The number of para-hydroxylation sites is 1. The zero-order valence-electron chi connectivity index (χ0n) is 19.0. The molecular formula is C30H27N2S+. The summed E-state index contributed by atoms with van der Waals surface area (Å²) in [5, 5.41) is 1.26. The van der Waals surface area contributed by atoms with Gasteiger partial charge < -0.3 is 4.90 Å². The highest BCUT2D eigenvalue weighted by atomic mass is 32.2. The average Bonchev–Trinajstić information content (AvgIpc) is 3.23. The minimum atomic E-state index is 0.957. The average molecular weight is 448 g/mol. The minimum absolute atomic E-state index is 0.957. The Morgan fingerprint density at radius 3 is 2.18 bits per heavy atom. The molecule has 0 atom stereocenters. The van der Waals surface area contributed by atoms with Gasteiger partial charge >= 0.3 is 0 Å². The fourth-order valence-electron chi connectivity index (χ4n) is 4.26. The van der Waals surface area contributed by atoms with Crippen molar-refractivity contribution in [2.24, 2.45) is 7.05 Å². The number of anilines is 1. The van der Waals surface area contributed by atoms with Crippen LogP contribution < -0.4 is 9.47 Å². The van der Waals surface area contributed by atoms with E-state index in [0.717, 1.165) is 12.2 Å². The second-order valence-corrected chi connectivity index (χ2v) is 9.09. The molecule has 3 aromatic carbocycles. The standard InChI is InChI=1S/C30H27N2S/c1-3-32-27-18-10-11-19-29(27)33-30(32)20-12-17-26-21-25(23-13-6-4-7-14-23)22-28(31(26)2)24-15-8-5-9-16-24/h4-22H,3H2,1-2H3/q+1. The molecule has 0 unspecified atom stereocenters. The van der Waals surface area contributed by atoms with Crippen LogP contribution >= 0.6 is 11.8 Å². The van der Waals surface area contributed by atoms with Crippen molar-refractivity contribution >= 4 is 23.5 Å². The third-order valence-electron chi connectivity index (χ3n) is 5.98. The van der Waals surface area contributed by atoms with E-state index in [1.807, 2.05) is 11.8 Å². The molecule has 1 aliphatic rings. The van der Waals surface area contributed by atoms with Crippen molar-refractivity contribution in [3.05, 3.63) is 120 Å². The highest BCUT2D eigenvalue weighted by Gasteiger charge is 2.22. The Morgan fingerprint density at radius 1 is 0.788 bits per heavy atom. The van der Waals surface area contributed by atoms with E-state index < -0.39 is 0 Å². The molecular weight excluding hydrogens is 420 g/mol. The highest BCUT2D eigenvalue weighted by molar-refractivity contribution is 8.03. The number of fused-ring (bicyclic) bond motifs is 1. The number of hydrogen-bond donors (Lipinski definition) is 0. The molecule has 0 fully saturated rings. The molecule has 0 spiro atoms. The van der Waals surface area contributed by atoms with Gasteiger partial charge in [0.1, 0.15) is 7.05 Å². The van der Waals surface area contributed by atoms with E-state index in [1.165, 1.54) is 38.0 Å². The summed E-state index contributed by atoms with van der Waals surface area (Å²) in [7, 11) is 2.14.